The molecule has 4 heteroatoms. The Kier molecular flexibility index (Phi) is 9.40. The fourth-order valence-electron chi connectivity index (χ4n) is 0.524. The van der Waals surface area contributed by atoms with Crippen LogP contribution in [0.2, 0.25) is 0 Å². The predicted molar refractivity (Wildman–Crippen MR) is 55.8 cm³/mol. The van der Waals surface area contributed by atoms with E-state index in [9.17, 15) is 9.59 Å². The van der Waals surface area contributed by atoms with E-state index in [1.807, 2.05) is 13.8 Å². The van der Waals surface area contributed by atoms with Gasteiger partial charge < -0.3 is 10.1 Å². The summed E-state index contributed by atoms with van der Waals surface area (Å²) in [6.07, 6.45) is 0. The quantitative estimate of drug-likeness (QED) is 0.686. The Morgan fingerprint density at radius 3 is 1.50 bits per heavy atom. The zero-order valence-electron chi connectivity index (χ0n) is 9.88. The standard InChI is InChI=1S/C5H11NO.C5H10O2/c1-4(2)5(7)6-3;1-4(2)5(6)7-3/h4H,1-3H3,(H,6,7);4H,1-3H3. The van der Waals surface area contributed by atoms with E-state index in [-0.39, 0.29) is 23.7 Å². The van der Waals surface area contributed by atoms with Gasteiger partial charge in [0, 0.05) is 13.0 Å². The maximum Gasteiger partial charge on any atom is 0.308 e. The van der Waals surface area contributed by atoms with Crippen LogP contribution in [0.15, 0.2) is 0 Å². The zero-order chi connectivity index (χ0) is 11.7. The molecule has 0 fully saturated rings. The minimum atomic E-state index is -0.153. The topological polar surface area (TPSA) is 55.4 Å². The first-order chi connectivity index (χ1) is 6.36. The molecule has 0 unspecified atom stereocenters. The van der Waals surface area contributed by atoms with E-state index >= 15 is 0 Å². The Labute approximate surface area is 86.0 Å². The fourth-order valence-corrected chi connectivity index (χ4v) is 0.524. The van der Waals surface area contributed by atoms with Crippen molar-refractivity contribution < 1.29 is 14.3 Å². The van der Waals surface area contributed by atoms with Gasteiger partial charge in [-0.2, -0.15) is 0 Å². The maximum absolute atomic E-state index is 10.4. The third-order valence-corrected chi connectivity index (χ3v) is 1.44. The van der Waals surface area contributed by atoms with E-state index in [1.54, 1.807) is 20.9 Å². The molecule has 1 amide bonds. The molecule has 0 radical (unpaired) electrons. The average Bonchev–Trinajstić information content (AvgIpc) is 2.15. The Hall–Kier alpha value is -1.06. The summed E-state index contributed by atoms with van der Waals surface area (Å²) in [5.74, 6) is 0.0648. The third kappa shape index (κ3) is 9.03. The van der Waals surface area contributed by atoms with Crippen molar-refractivity contribution in [2.45, 2.75) is 27.7 Å². The molecule has 0 bridgehead atoms. The number of rotatable bonds is 2. The Morgan fingerprint density at radius 2 is 1.50 bits per heavy atom. The van der Waals surface area contributed by atoms with Gasteiger partial charge in [0.1, 0.15) is 0 Å². The molecular formula is C10H21NO3. The van der Waals surface area contributed by atoms with Crippen molar-refractivity contribution in [2.75, 3.05) is 14.2 Å². The number of nitrogens with one attached hydrogen (secondary N) is 1. The molecule has 0 aliphatic heterocycles. The van der Waals surface area contributed by atoms with Crippen LogP contribution in [0, 0.1) is 11.8 Å². The number of hydrogen-bond donors (Lipinski definition) is 1. The van der Waals surface area contributed by atoms with Crippen molar-refractivity contribution in [2.24, 2.45) is 11.8 Å². The number of amides is 1. The number of ether oxygens (including phenoxy) is 1. The second-order valence-electron chi connectivity index (χ2n) is 3.45. The number of carbonyl (C=O) groups is 2. The number of esters is 1. The molecule has 4 nitrogen and oxygen atoms in total. The summed E-state index contributed by atoms with van der Waals surface area (Å²) in [6, 6.07) is 0. The molecule has 0 aromatic carbocycles. The SMILES string of the molecule is CNC(=O)C(C)C.COC(=O)C(C)C. The van der Waals surface area contributed by atoms with Crippen molar-refractivity contribution in [1.82, 2.24) is 5.32 Å². The molecule has 0 atom stereocenters. The lowest BCUT2D eigenvalue weighted by Crippen LogP contribution is -2.22. The Morgan fingerprint density at radius 1 is 1.07 bits per heavy atom. The van der Waals surface area contributed by atoms with Crippen LogP contribution in [0.5, 0.6) is 0 Å². The second-order valence-corrected chi connectivity index (χ2v) is 3.45. The first-order valence-corrected chi connectivity index (χ1v) is 4.66. The molecule has 84 valence electrons. The molecule has 0 aromatic rings. The summed E-state index contributed by atoms with van der Waals surface area (Å²) in [6.45, 7) is 7.31. The fraction of sp³-hybridized carbons (Fsp3) is 0.800. The lowest BCUT2D eigenvalue weighted by Gasteiger charge is -1.98. The maximum atomic E-state index is 10.4. The van der Waals surface area contributed by atoms with Crippen LogP contribution in [0.25, 0.3) is 0 Å². The molecule has 0 aliphatic carbocycles. The lowest BCUT2D eigenvalue weighted by atomic mass is 10.2. The number of hydrogen-bond acceptors (Lipinski definition) is 3. The number of carbonyl (C=O) groups excluding carboxylic acids is 2. The molecule has 0 saturated heterocycles. The van der Waals surface area contributed by atoms with E-state index in [2.05, 4.69) is 10.1 Å². The van der Waals surface area contributed by atoms with E-state index in [0.29, 0.717) is 0 Å². The second kappa shape index (κ2) is 8.53. The summed E-state index contributed by atoms with van der Waals surface area (Å²) >= 11 is 0. The molecular weight excluding hydrogens is 182 g/mol. The van der Waals surface area contributed by atoms with E-state index in [1.165, 1.54) is 7.11 Å². The van der Waals surface area contributed by atoms with E-state index < -0.39 is 0 Å². The van der Waals surface area contributed by atoms with Crippen LogP contribution in [0.4, 0.5) is 0 Å². The minimum absolute atomic E-state index is 0.00463. The monoisotopic (exact) mass is 203 g/mol. The van der Waals surface area contributed by atoms with Gasteiger partial charge in [-0.25, -0.2) is 0 Å². The van der Waals surface area contributed by atoms with Gasteiger partial charge in [0.05, 0.1) is 13.0 Å². The predicted octanol–water partition coefficient (Wildman–Crippen LogP) is 1.20. The van der Waals surface area contributed by atoms with Crippen LogP contribution in [-0.2, 0) is 14.3 Å². The van der Waals surface area contributed by atoms with Crippen LogP contribution in [-0.4, -0.2) is 26.0 Å². The van der Waals surface area contributed by atoms with Crippen molar-refractivity contribution in [3.8, 4) is 0 Å². The normalized spacial score (nSPS) is 9.14. The first-order valence-electron chi connectivity index (χ1n) is 4.66. The summed E-state index contributed by atoms with van der Waals surface area (Å²) in [5, 5.41) is 2.53. The molecule has 0 aliphatic rings. The Balaban J connectivity index is 0. The highest BCUT2D eigenvalue weighted by Crippen LogP contribution is 1.91. The highest BCUT2D eigenvalue weighted by atomic mass is 16.5. The highest BCUT2D eigenvalue weighted by molar-refractivity contribution is 5.77. The summed E-state index contributed by atoms with van der Waals surface area (Å²) < 4.78 is 4.37. The summed E-state index contributed by atoms with van der Waals surface area (Å²) in [4.78, 5) is 20.7. The van der Waals surface area contributed by atoms with Gasteiger partial charge in [-0.3, -0.25) is 9.59 Å². The molecule has 0 rings (SSSR count). The third-order valence-electron chi connectivity index (χ3n) is 1.44. The summed E-state index contributed by atoms with van der Waals surface area (Å²) in [5.41, 5.74) is 0. The van der Waals surface area contributed by atoms with Gasteiger partial charge in [0.2, 0.25) is 5.91 Å². The van der Waals surface area contributed by atoms with Crippen LogP contribution < -0.4 is 5.32 Å². The van der Waals surface area contributed by atoms with Crippen LogP contribution >= 0.6 is 0 Å². The van der Waals surface area contributed by atoms with Gasteiger partial charge >= 0.3 is 5.97 Å². The molecule has 1 N–H and O–H groups in total. The molecule has 0 aromatic heterocycles. The van der Waals surface area contributed by atoms with E-state index in [0.717, 1.165) is 0 Å². The molecule has 14 heavy (non-hydrogen) atoms. The van der Waals surface area contributed by atoms with Crippen LogP contribution in [0.3, 0.4) is 0 Å². The van der Waals surface area contributed by atoms with Crippen LogP contribution in [0.1, 0.15) is 27.7 Å². The smallest absolute Gasteiger partial charge is 0.308 e. The van der Waals surface area contributed by atoms with Gasteiger partial charge in [0.15, 0.2) is 0 Å². The van der Waals surface area contributed by atoms with E-state index in [4.69, 9.17) is 0 Å². The zero-order valence-corrected chi connectivity index (χ0v) is 9.88. The van der Waals surface area contributed by atoms with Gasteiger partial charge in [-0.15, -0.1) is 0 Å². The number of methoxy groups -OCH3 is 1. The first kappa shape index (κ1) is 15.4. The molecule has 0 spiro atoms. The van der Waals surface area contributed by atoms with Crippen molar-refractivity contribution in [3.05, 3.63) is 0 Å². The molecule has 0 saturated carbocycles. The van der Waals surface area contributed by atoms with Crippen molar-refractivity contribution in [1.29, 1.82) is 0 Å². The van der Waals surface area contributed by atoms with Gasteiger partial charge in [-0.05, 0) is 0 Å². The average molecular weight is 203 g/mol. The largest absolute Gasteiger partial charge is 0.469 e. The highest BCUT2D eigenvalue weighted by Gasteiger charge is 2.03. The van der Waals surface area contributed by atoms with Crippen molar-refractivity contribution in [3.63, 3.8) is 0 Å². The van der Waals surface area contributed by atoms with Gasteiger partial charge in [-0.1, -0.05) is 27.7 Å². The minimum Gasteiger partial charge on any atom is -0.469 e. The summed E-state index contributed by atoms with van der Waals surface area (Å²) in [7, 11) is 3.03. The van der Waals surface area contributed by atoms with Crippen molar-refractivity contribution >= 4 is 11.9 Å². The Bertz CT molecular complexity index is 156. The molecule has 0 heterocycles. The lowest BCUT2D eigenvalue weighted by molar-refractivity contribution is -0.144. The van der Waals surface area contributed by atoms with Gasteiger partial charge in [0.25, 0.3) is 0 Å².